The first kappa shape index (κ1) is 19.6. The minimum absolute atomic E-state index is 0.109. The Bertz CT molecular complexity index is 1040. The van der Waals surface area contributed by atoms with Gasteiger partial charge in [0.2, 0.25) is 17.7 Å². The molecule has 0 spiro atoms. The summed E-state index contributed by atoms with van der Waals surface area (Å²) >= 11 is 0. The molecular formula is C24H27N5O3. The van der Waals surface area contributed by atoms with Crippen LogP contribution < -0.4 is 0 Å². The number of amides is 3. The second-order valence-corrected chi connectivity index (χ2v) is 9.76. The number of likely N-dealkylation sites (tertiary alicyclic amines) is 2. The van der Waals surface area contributed by atoms with Gasteiger partial charge in [-0.15, -0.1) is 0 Å². The summed E-state index contributed by atoms with van der Waals surface area (Å²) in [5, 5.41) is 7.39. The number of pyridine rings is 1. The van der Waals surface area contributed by atoms with Crippen LogP contribution >= 0.6 is 0 Å². The Morgan fingerprint density at radius 2 is 1.78 bits per heavy atom. The van der Waals surface area contributed by atoms with Gasteiger partial charge in [-0.05, 0) is 61.6 Å². The van der Waals surface area contributed by atoms with Crippen LogP contribution in [0.1, 0.15) is 43.7 Å². The number of aromatic amines is 1. The Morgan fingerprint density at radius 3 is 2.50 bits per heavy atom. The summed E-state index contributed by atoms with van der Waals surface area (Å²) < 4.78 is 0. The number of hydrogen-bond acceptors (Lipinski definition) is 5. The molecule has 2 aliphatic heterocycles. The summed E-state index contributed by atoms with van der Waals surface area (Å²) in [6.45, 7) is 1.10. The van der Waals surface area contributed by atoms with Crippen LogP contribution in [0.5, 0.6) is 0 Å². The maximum atomic E-state index is 13.2. The molecule has 0 unspecified atom stereocenters. The van der Waals surface area contributed by atoms with Crippen LogP contribution in [0.15, 0.2) is 30.7 Å². The van der Waals surface area contributed by atoms with Crippen molar-refractivity contribution in [2.24, 2.45) is 23.7 Å². The van der Waals surface area contributed by atoms with E-state index >= 15 is 0 Å². The highest BCUT2D eigenvalue weighted by molar-refractivity contribution is 6.08. The molecule has 2 aromatic heterocycles. The summed E-state index contributed by atoms with van der Waals surface area (Å²) in [5.74, 6) is 0.130. The molecule has 2 bridgehead atoms. The van der Waals surface area contributed by atoms with E-state index in [1.54, 1.807) is 12.4 Å². The highest BCUT2D eigenvalue weighted by Crippen LogP contribution is 2.56. The second-order valence-electron chi connectivity index (χ2n) is 9.76. The van der Waals surface area contributed by atoms with Gasteiger partial charge in [0.15, 0.2) is 0 Å². The van der Waals surface area contributed by atoms with Crippen LogP contribution in [-0.2, 0) is 14.4 Å². The van der Waals surface area contributed by atoms with E-state index in [2.05, 4.69) is 15.2 Å². The minimum atomic E-state index is -0.170. The van der Waals surface area contributed by atoms with Gasteiger partial charge in [0.25, 0.3) is 0 Å². The molecule has 4 fully saturated rings. The highest BCUT2D eigenvalue weighted by Gasteiger charge is 2.61. The molecule has 2 saturated heterocycles. The summed E-state index contributed by atoms with van der Waals surface area (Å²) in [5.41, 5.74) is 3.09. The molecule has 0 radical (unpaired) electrons. The molecule has 6 rings (SSSR count). The van der Waals surface area contributed by atoms with E-state index in [0.29, 0.717) is 24.9 Å². The van der Waals surface area contributed by atoms with Crippen LogP contribution in [0, 0.1) is 23.7 Å². The summed E-state index contributed by atoms with van der Waals surface area (Å²) in [6.07, 6.45) is 10.3. The average molecular weight is 434 g/mol. The van der Waals surface area contributed by atoms with Crippen molar-refractivity contribution in [2.45, 2.75) is 38.0 Å². The lowest BCUT2D eigenvalue weighted by atomic mass is 9.81. The Morgan fingerprint density at radius 1 is 1.06 bits per heavy atom. The standard InChI is InChI=1S/C24H27N5O3/c30-19(13-29-23(31)20-15-3-4-16(10-15)21(20)24(29)32)28-9-1-2-17(12-28)22-18(11-26-27-22)14-5-7-25-8-6-14/h5-8,11,15-17,20-21H,1-4,9-10,12-13H2,(H,26,27)/t15-,16+,17-,20-,21+/m0/s1. The first-order chi connectivity index (χ1) is 15.6. The number of H-pyrrole nitrogens is 1. The number of carbonyl (C=O) groups excluding carboxylic acids is 3. The molecule has 1 N–H and O–H groups in total. The van der Waals surface area contributed by atoms with Crippen LogP contribution in [0.3, 0.4) is 0 Å². The van der Waals surface area contributed by atoms with Gasteiger partial charge in [-0.25, -0.2) is 0 Å². The number of imide groups is 1. The first-order valence-corrected chi connectivity index (χ1v) is 11.7. The van der Waals surface area contributed by atoms with E-state index < -0.39 is 0 Å². The lowest BCUT2D eigenvalue weighted by Gasteiger charge is -2.33. The third kappa shape index (κ3) is 2.99. The molecule has 4 heterocycles. The van der Waals surface area contributed by atoms with Gasteiger partial charge in [-0.3, -0.25) is 29.4 Å². The van der Waals surface area contributed by atoms with Crippen molar-refractivity contribution in [3.8, 4) is 11.1 Å². The molecule has 4 aliphatic rings. The van der Waals surface area contributed by atoms with Gasteiger partial charge >= 0.3 is 0 Å². The number of hydrogen-bond donors (Lipinski definition) is 1. The van der Waals surface area contributed by atoms with Crippen molar-refractivity contribution >= 4 is 17.7 Å². The number of rotatable bonds is 4. The van der Waals surface area contributed by atoms with Gasteiger partial charge in [0, 0.05) is 42.7 Å². The summed E-state index contributed by atoms with van der Waals surface area (Å²) in [6, 6.07) is 3.91. The van der Waals surface area contributed by atoms with E-state index in [1.165, 1.54) is 4.90 Å². The van der Waals surface area contributed by atoms with Gasteiger partial charge in [-0.1, -0.05) is 0 Å². The van der Waals surface area contributed by atoms with Crippen molar-refractivity contribution in [1.29, 1.82) is 0 Å². The van der Waals surface area contributed by atoms with Crippen LogP contribution in [0.25, 0.3) is 11.1 Å². The average Bonchev–Trinajstić information content (AvgIpc) is 3.61. The smallest absolute Gasteiger partial charge is 0.242 e. The van der Waals surface area contributed by atoms with E-state index in [0.717, 1.165) is 48.9 Å². The fourth-order valence-corrected chi connectivity index (χ4v) is 6.67. The Labute approximate surface area is 186 Å². The topological polar surface area (TPSA) is 99.3 Å². The molecule has 8 nitrogen and oxygen atoms in total. The maximum Gasteiger partial charge on any atom is 0.242 e. The zero-order valence-electron chi connectivity index (χ0n) is 17.9. The minimum Gasteiger partial charge on any atom is -0.340 e. The summed E-state index contributed by atoms with van der Waals surface area (Å²) in [4.78, 5) is 46.3. The third-order valence-electron chi connectivity index (χ3n) is 8.15. The number of piperidine rings is 1. The predicted molar refractivity (Wildman–Crippen MR) is 115 cm³/mol. The molecule has 32 heavy (non-hydrogen) atoms. The lowest BCUT2D eigenvalue weighted by molar-refractivity contribution is -0.147. The van der Waals surface area contributed by atoms with Crippen molar-refractivity contribution in [2.75, 3.05) is 19.6 Å². The highest BCUT2D eigenvalue weighted by atomic mass is 16.2. The van der Waals surface area contributed by atoms with Gasteiger partial charge < -0.3 is 4.90 Å². The van der Waals surface area contributed by atoms with Gasteiger partial charge in [-0.2, -0.15) is 5.10 Å². The van der Waals surface area contributed by atoms with E-state index in [1.807, 2.05) is 23.2 Å². The van der Waals surface area contributed by atoms with E-state index in [9.17, 15) is 14.4 Å². The number of fused-ring (bicyclic) bond motifs is 5. The van der Waals surface area contributed by atoms with Crippen molar-refractivity contribution in [3.63, 3.8) is 0 Å². The van der Waals surface area contributed by atoms with Crippen molar-refractivity contribution < 1.29 is 14.4 Å². The molecule has 2 aromatic rings. The molecule has 8 heteroatoms. The van der Waals surface area contributed by atoms with Crippen LogP contribution in [0.4, 0.5) is 0 Å². The lowest BCUT2D eigenvalue weighted by Crippen LogP contribution is -2.46. The Hall–Kier alpha value is -3.03. The molecule has 2 saturated carbocycles. The summed E-state index contributed by atoms with van der Waals surface area (Å²) in [7, 11) is 0. The fourth-order valence-electron chi connectivity index (χ4n) is 6.67. The molecule has 5 atom stereocenters. The molecule has 2 aliphatic carbocycles. The van der Waals surface area contributed by atoms with E-state index in [4.69, 9.17) is 0 Å². The van der Waals surface area contributed by atoms with Gasteiger partial charge in [0.1, 0.15) is 6.54 Å². The zero-order chi connectivity index (χ0) is 21.8. The van der Waals surface area contributed by atoms with Crippen molar-refractivity contribution in [3.05, 3.63) is 36.4 Å². The number of carbonyl (C=O) groups is 3. The zero-order valence-corrected chi connectivity index (χ0v) is 17.9. The SMILES string of the molecule is O=C(CN1C(=O)[C@@H]2[C@@H]3CC[C@@H](C3)[C@@H]2C1=O)N1CCC[C@H](c2[nH]ncc2-c2ccncc2)C1. The molecule has 3 amide bonds. The largest absolute Gasteiger partial charge is 0.340 e. The third-order valence-corrected chi connectivity index (χ3v) is 8.15. The molecule has 166 valence electrons. The monoisotopic (exact) mass is 433 g/mol. The van der Waals surface area contributed by atoms with Crippen LogP contribution in [-0.4, -0.2) is 62.3 Å². The number of nitrogens with zero attached hydrogens (tertiary/aromatic N) is 4. The number of nitrogens with one attached hydrogen (secondary N) is 1. The normalized spacial score (nSPS) is 31.4. The second kappa shape index (κ2) is 7.53. The van der Waals surface area contributed by atoms with Crippen LogP contribution in [0.2, 0.25) is 0 Å². The maximum absolute atomic E-state index is 13.2. The van der Waals surface area contributed by atoms with E-state index in [-0.39, 0.29) is 42.0 Å². The predicted octanol–water partition coefficient (Wildman–Crippen LogP) is 2.21. The molecular weight excluding hydrogens is 406 g/mol. The number of aromatic nitrogens is 3. The first-order valence-electron chi connectivity index (χ1n) is 11.7. The van der Waals surface area contributed by atoms with Gasteiger partial charge in [0.05, 0.1) is 18.0 Å². The van der Waals surface area contributed by atoms with Crippen molar-refractivity contribution in [1.82, 2.24) is 25.0 Å². The Balaban J connectivity index is 1.16. The molecule has 0 aromatic carbocycles. The fraction of sp³-hybridized carbons (Fsp3) is 0.542. The Kier molecular flexibility index (Phi) is 4.62. The quantitative estimate of drug-likeness (QED) is 0.746.